The minimum atomic E-state index is -4.94. The second-order valence-electron chi connectivity index (χ2n) is 6.27. The lowest BCUT2D eigenvalue weighted by atomic mass is 10.0. The molecule has 1 aromatic heterocycles. The maximum absolute atomic E-state index is 13.8. The van der Waals surface area contributed by atoms with Crippen LogP contribution < -0.4 is 14.9 Å². The lowest BCUT2D eigenvalue weighted by molar-refractivity contribution is -0.152. The first-order valence-electron chi connectivity index (χ1n) is 8.73. The van der Waals surface area contributed by atoms with Gasteiger partial charge in [-0.05, 0) is 25.1 Å². The van der Waals surface area contributed by atoms with E-state index >= 15 is 0 Å². The van der Waals surface area contributed by atoms with Crippen LogP contribution in [0.4, 0.5) is 13.2 Å². The van der Waals surface area contributed by atoms with Crippen LogP contribution >= 0.6 is 0 Å². The van der Waals surface area contributed by atoms with Gasteiger partial charge in [-0.25, -0.2) is 4.79 Å². The number of benzene rings is 2. The Morgan fingerprint density at radius 3 is 2.43 bits per heavy atom. The molecule has 9 heteroatoms. The zero-order valence-electron chi connectivity index (χ0n) is 16.2. The molecule has 0 spiro atoms. The molecule has 0 saturated heterocycles. The molecule has 2 aromatic carbocycles. The number of carbonyl (C=O) groups is 1. The zero-order chi connectivity index (χ0) is 22.1. The highest BCUT2D eigenvalue weighted by Gasteiger charge is 2.40. The van der Waals surface area contributed by atoms with Gasteiger partial charge >= 0.3 is 12.1 Å². The molecule has 0 saturated carbocycles. The summed E-state index contributed by atoms with van der Waals surface area (Å²) in [6, 6.07) is 9.62. The Labute approximate surface area is 168 Å². The Bertz CT molecular complexity index is 1150. The number of methoxy groups -OCH3 is 2. The first-order chi connectivity index (χ1) is 14.2. The van der Waals surface area contributed by atoms with Crippen molar-refractivity contribution in [2.24, 2.45) is 0 Å². The van der Waals surface area contributed by atoms with Crippen LogP contribution in [0.2, 0.25) is 0 Å². The van der Waals surface area contributed by atoms with E-state index in [1.54, 1.807) is 6.07 Å². The van der Waals surface area contributed by atoms with Gasteiger partial charge in [-0.15, -0.1) is 0 Å². The molecule has 3 aromatic rings. The van der Waals surface area contributed by atoms with Crippen LogP contribution in [-0.4, -0.2) is 26.3 Å². The zero-order valence-corrected chi connectivity index (χ0v) is 16.2. The maximum atomic E-state index is 13.8. The Morgan fingerprint density at radius 1 is 1.10 bits per heavy atom. The minimum Gasteiger partial charge on any atom is -0.496 e. The summed E-state index contributed by atoms with van der Waals surface area (Å²) in [4.78, 5) is 24.5. The number of rotatable bonds is 5. The van der Waals surface area contributed by atoms with Gasteiger partial charge < -0.3 is 18.6 Å². The lowest BCUT2D eigenvalue weighted by Gasteiger charge is -2.16. The number of fused-ring (bicyclic) bond motifs is 1. The van der Waals surface area contributed by atoms with Gasteiger partial charge in [-0.3, -0.25) is 4.79 Å². The number of para-hydroxylation sites is 1. The number of hydrogen-bond donors (Lipinski definition) is 0. The van der Waals surface area contributed by atoms with Crippen LogP contribution in [0.5, 0.6) is 11.5 Å². The quantitative estimate of drug-likeness (QED) is 0.567. The normalized spacial score (nSPS) is 12.5. The monoisotopic (exact) mass is 422 g/mol. The number of ether oxygens (including phenoxy) is 3. The topological polar surface area (TPSA) is 75.0 Å². The third kappa shape index (κ3) is 3.96. The standard InChI is InChI=1S/C21H17F3O6/c1-11(20(26)28-3)29-12-8-9-14-16(10-12)30-19(21(22,23)24)17(18(14)25)13-6-4-5-7-15(13)27-2/h4-11H,1-3H3/t11-/m0/s1. The van der Waals surface area contributed by atoms with Crippen LogP contribution in [0, 0.1) is 0 Å². The van der Waals surface area contributed by atoms with E-state index in [2.05, 4.69) is 4.74 Å². The van der Waals surface area contributed by atoms with Crippen molar-refractivity contribution in [2.45, 2.75) is 19.2 Å². The fraction of sp³-hybridized carbons (Fsp3) is 0.238. The number of halogens is 3. The van der Waals surface area contributed by atoms with Gasteiger partial charge in [0.1, 0.15) is 17.1 Å². The molecule has 1 heterocycles. The second-order valence-corrected chi connectivity index (χ2v) is 6.27. The maximum Gasteiger partial charge on any atom is 0.450 e. The smallest absolute Gasteiger partial charge is 0.450 e. The van der Waals surface area contributed by atoms with E-state index in [-0.39, 0.29) is 28.0 Å². The molecule has 0 radical (unpaired) electrons. The Morgan fingerprint density at radius 2 is 1.80 bits per heavy atom. The number of hydrogen-bond acceptors (Lipinski definition) is 6. The molecule has 3 rings (SSSR count). The van der Waals surface area contributed by atoms with Crippen molar-refractivity contribution >= 4 is 16.9 Å². The Kier molecular flexibility index (Phi) is 5.73. The van der Waals surface area contributed by atoms with Gasteiger partial charge in [0, 0.05) is 11.6 Å². The minimum absolute atomic E-state index is 0.0392. The summed E-state index contributed by atoms with van der Waals surface area (Å²) >= 11 is 0. The van der Waals surface area contributed by atoms with Gasteiger partial charge in [0.25, 0.3) is 0 Å². The fourth-order valence-corrected chi connectivity index (χ4v) is 2.96. The summed E-state index contributed by atoms with van der Waals surface area (Å²) in [7, 11) is 2.47. The Hall–Kier alpha value is -3.49. The number of esters is 1. The molecule has 0 N–H and O–H groups in total. The predicted molar refractivity (Wildman–Crippen MR) is 102 cm³/mol. The lowest BCUT2D eigenvalue weighted by Crippen LogP contribution is -2.24. The van der Waals surface area contributed by atoms with Crippen molar-refractivity contribution < 1.29 is 36.6 Å². The van der Waals surface area contributed by atoms with Crippen LogP contribution in [0.15, 0.2) is 51.7 Å². The van der Waals surface area contributed by atoms with Crippen molar-refractivity contribution in [1.29, 1.82) is 0 Å². The van der Waals surface area contributed by atoms with Crippen molar-refractivity contribution in [3.05, 3.63) is 58.4 Å². The van der Waals surface area contributed by atoms with E-state index in [0.29, 0.717) is 0 Å². The third-order valence-corrected chi connectivity index (χ3v) is 4.34. The van der Waals surface area contributed by atoms with E-state index in [9.17, 15) is 22.8 Å². The summed E-state index contributed by atoms with van der Waals surface area (Å²) in [5.41, 5.74) is -1.90. The molecule has 0 aliphatic heterocycles. The van der Waals surface area contributed by atoms with E-state index in [4.69, 9.17) is 13.9 Å². The second kappa shape index (κ2) is 8.10. The SMILES string of the molecule is COC(=O)[C@H](C)Oc1ccc2c(=O)c(-c3ccccc3OC)c(C(F)(F)F)oc2c1. The van der Waals surface area contributed by atoms with E-state index in [1.807, 2.05) is 0 Å². The van der Waals surface area contributed by atoms with Gasteiger partial charge in [0.05, 0.1) is 25.2 Å². The van der Waals surface area contributed by atoms with Gasteiger partial charge in [-0.1, -0.05) is 18.2 Å². The highest BCUT2D eigenvalue weighted by Crippen LogP contribution is 2.40. The highest BCUT2D eigenvalue weighted by molar-refractivity contribution is 5.85. The summed E-state index contributed by atoms with van der Waals surface area (Å²) in [6.07, 6.45) is -5.95. The summed E-state index contributed by atoms with van der Waals surface area (Å²) in [5, 5.41) is -0.0815. The molecule has 0 fully saturated rings. The average Bonchev–Trinajstić information content (AvgIpc) is 2.72. The Balaban J connectivity index is 2.24. The summed E-state index contributed by atoms with van der Waals surface area (Å²) in [5.74, 6) is -1.98. The molecule has 0 unspecified atom stereocenters. The number of carbonyl (C=O) groups excluding carboxylic acids is 1. The van der Waals surface area contributed by atoms with Gasteiger partial charge in [0.15, 0.2) is 6.10 Å². The largest absolute Gasteiger partial charge is 0.496 e. The van der Waals surface area contributed by atoms with E-state index in [0.717, 1.165) is 6.07 Å². The molecule has 1 atom stereocenters. The molecule has 0 aliphatic rings. The summed E-state index contributed by atoms with van der Waals surface area (Å²) in [6.45, 7) is 1.41. The molecule has 158 valence electrons. The van der Waals surface area contributed by atoms with Crippen molar-refractivity contribution in [3.8, 4) is 22.6 Å². The molecule has 6 nitrogen and oxygen atoms in total. The van der Waals surface area contributed by atoms with Crippen molar-refractivity contribution in [3.63, 3.8) is 0 Å². The molecule has 0 amide bonds. The van der Waals surface area contributed by atoms with Crippen molar-refractivity contribution in [1.82, 2.24) is 0 Å². The van der Waals surface area contributed by atoms with Crippen LogP contribution in [0.3, 0.4) is 0 Å². The van der Waals surface area contributed by atoms with E-state index < -0.39 is 35.0 Å². The molecular formula is C21H17F3O6. The van der Waals surface area contributed by atoms with Crippen LogP contribution in [0.25, 0.3) is 22.1 Å². The molecule has 0 bridgehead atoms. The van der Waals surface area contributed by atoms with Crippen LogP contribution in [-0.2, 0) is 15.7 Å². The predicted octanol–water partition coefficient (Wildman–Crippen LogP) is 4.43. The molecule has 0 aliphatic carbocycles. The molecular weight excluding hydrogens is 405 g/mol. The van der Waals surface area contributed by atoms with Crippen LogP contribution in [0.1, 0.15) is 12.7 Å². The first kappa shape index (κ1) is 21.2. The highest BCUT2D eigenvalue weighted by atomic mass is 19.4. The van der Waals surface area contributed by atoms with Gasteiger partial charge in [0.2, 0.25) is 11.2 Å². The average molecular weight is 422 g/mol. The van der Waals surface area contributed by atoms with E-state index in [1.165, 1.54) is 51.5 Å². The fourth-order valence-electron chi connectivity index (χ4n) is 2.96. The third-order valence-electron chi connectivity index (χ3n) is 4.34. The number of alkyl halides is 3. The van der Waals surface area contributed by atoms with Crippen molar-refractivity contribution in [2.75, 3.05) is 14.2 Å². The first-order valence-corrected chi connectivity index (χ1v) is 8.73. The summed E-state index contributed by atoms with van der Waals surface area (Å²) < 4.78 is 61.5. The van der Waals surface area contributed by atoms with Gasteiger partial charge in [-0.2, -0.15) is 13.2 Å². The molecule has 30 heavy (non-hydrogen) atoms.